The number of aryl methyl sites for hydroxylation is 1. The molecule has 6 aliphatic rings. The number of tetrazole rings is 1. The van der Waals surface area contributed by atoms with E-state index in [1.807, 2.05) is 4.57 Å². The summed E-state index contributed by atoms with van der Waals surface area (Å²) < 4.78 is 3.51. The molecule has 0 amide bonds. The van der Waals surface area contributed by atoms with E-state index in [0.717, 1.165) is 87.3 Å². The van der Waals surface area contributed by atoms with Crippen molar-refractivity contribution >= 4 is 5.78 Å². The Morgan fingerprint density at radius 3 is 2.34 bits per heavy atom. The van der Waals surface area contributed by atoms with Gasteiger partial charge < -0.3 is 0 Å². The number of aromatic nitrogens is 7. The largest absolute Gasteiger partial charge is 0.346 e. The van der Waals surface area contributed by atoms with E-state index >= 15 is 0 Å². The highest BCUT2D eigenvalue weighted by molar-refractivity contribution is 5.85. The summed E-state index contributed by atoms with van der Waals surface area (Å²) in [4.78, 5) is 27.6. The number of H-pyrrole nitrogens is 1. The molecule has 1 N–H and O–H groups in total. The van der Waals surface area contributed by atoms with Gasteiger partial charge in [0.05, 0.1) is 0 Å². The van der Waals surface area contributed by atoms with E-state index in [0.29, 0.717) is 23.7 Å². The third-order valence-electron chi connectivity index (χ3n) is 12.1. The molecule has 41 heavy (non-hydrogen) atoms. The molecular weight excluding hydrogens is 514 g/mol. The van der Waals surface area contributed by atoms with Crippen molar-refractivity contribution in [2.24, 2.45) is 40.9 Å². The zero-order valence-corrected chi connectivity index (χ0v) is 25.0. The second-order valence-electron chi connectivity index (χ2n) is 14.8. The summed E-state index contributed by atoms with van der Waals surface area (Å²) in [6, 6.07) is 0. The first kappa shape index (κ1) is 27.5. The monoisotopic (exact) mass is 563 g/mol. The van der Waals surface area contributed by atoms with Crippen molar-refractivity contribution in [2.45, 2.75) is 135 Å². The first-order chi connectivity index (χ1) is 20.0. The maximum Gasteiger partial charge on any atom is 0.346 e. The van der Waals surface area contributed by atoms with Crippen LogP contribution in [0.3, 0.4) is 0 Å². The van der Waals surface area contributed by atoms with Gasteiger partial charge in [0.2, 0.25) is 0 Å². The summed E-state index contributed by atoms with van der Waals surface area (Å²) in [6.07, 6.45) is 19.7. The average Bonchev–Trinajstić information content (AvgIpc) is 3.61. The second-order valence-corrected chi connectivity index (χ2v) is 14.8. The van der Waals surface area contributed by atoms with Crippen LogP contribution in [-0.4, -0.2) is 40.8 Å². The molecule has 2 unspecified atom stereocenters. The van der Waals surface area contributed by atoms with Gasteiger partial charge in [0.25, 0.3) is 0 Å². The van der Waals surface area contributed by atoms with Crippen molar-refractivity contribution in [3.05, 3.63) is 22.1 Å². The van der Waals surface area contributed by atoms with Gasteiger partial charge in [0, 0.05) is 24.3 Å². The number of aromatic amines is 1. The number of carbonyl (C=O) groups excluding carboxylic acids is 1. The Balaban J connectivity index is 1.03. The fourth-order valence-corrected chi connectivity index (χ4v) is 10.5. The second kappa shape index (κ2) is 11.4. The van der Waals surface area contributed by atoms with Crippen LogP contribution in [0.1, 0.15) is 127 Å². The van der Waals surface area contributed by atoms with Crippen molar-refractivity contribution in [1.82, 2.24) is 35.0 Å². The number of ketones is 1. The number of Topliss-reactive ketones (excluding diaryl/α,β-unsaturated/α-hetero) is 1. The molecule has 0 aromatic carbocycles. The standard InChI is InChI=1S/C32H49N7O2/c1-2-3-8-29-35-39(20-28(40)32-16-22-13-23(17-32)15-24(14-22)18-32)31(41)38(29)19-21-9-11-25(12-10-21)26-6-4-5-7-27(26)30-33-36-37-34-30/h21-27H,2-20H2,1H3,(H,33,34,36,37). The molecule has 2 aromatic heterocycles. The van der Waals surface area contributed by atoms with Gasteiger partial charge in [-0.15, -0.1) is 10.2 Å². The lowest BCUT2D eigenvalue weighted by Gasteiger charge is -2.55. The highest BCUT2D eigenvalue weighted by Crippen LogP contribution is 2.60. The van der Waals surface area contributed by atoms with Crippen LogP contribution in [0.15, 0.2) is 4.79 Å². The molecule has 9 nitrogen and oxygen atoms in total. The van der Waals surface area contributed by atoms with E-state index in [9.17, 15) is 9.59 Å². The SMILES string of the molecule is CCCCc1nn(CC(=O)C23CC4CC(CC(C4)C2)C3)c(=O)n1CC1CCC(C2CCCCC2c2nn[nH]n2)CC1. The molecule has 2 atom stereocenters. The Labute approximate surface area is 243 Å². The molecule has 0 spiro atoms. The van der Waals surface area contributed by atoms with E-state index in [1.165, 1.54) is 57.8 Å². The molecule has 6 fully saturated rings. The predicted molar refractivity (Wildman–Crippen MR) is 155 cm³/mol. The lowest BCUT2D eigenvalue weighted by molar-refractivity contribution is -0.144. The number of hydrogen-bond donors (Lipinski definition) is 1. The van der Waals surface area contributed by atoms with Crippen molar-refractivity contribution in [3.8, 4) is 0 Å². The van der Waals surface area contributed by atoms with E-state index in [2.05, 4.69) is 27.5 Å². The van der Waals surface area contributed by atoms with Crippen molar-refractivity contribution in [3.63, 3.8) is 0 Å². The van der Waals surface area contributed by atoms with Crippen LogP contribution in [0.4, 0.5) is 0 Å². The Bertz CT molecular complexity index is 1220. The summed E-state index contributed by atoms with van der Waals surface area (Å²) in [5, 5.41) is 20.0. The van der Waals surface area contributed by atoms with Crippen LogP contribution in [0.5, 0.6) is 0 Å². The Morgan fingerprint density at radius 1 is 0.976 bits per heavy atom. The minimum atomic E-state index is -0.182. The third-order valence-corrected chi connectivity index (χ3v) is 12.1. The minimum absolute atomic E-state index is 0.0549. The molecule has 6 saturated carbocycles. The summed E-state index contributed by atoms with van der Waals surface area (Å²) in [6.45, 7) is 3.10. The Hall–Kier alpha value is -2.32. The molecule has 0 aliphatic heterocycles. The van der Waals surface area contributed by atoms with Crippen LogP contribution < -0.4 is 5.69 Å². The van der Waals surface area contributed by atoms with Crippen LogP contribution >= 0.6 is 0 Å². The molecule has 2 aromatic rings. The normalized spacial score (nSPS) is 36.6. The van der Waals surface area contributed by atoms with Gasteiger partial charge in [-0.05, 0) is 119 Å². The first-order valence-corrected chi connectivity index (χ1v) is 16.9. The number of nitrogens with one attached hydrogen (secondary N) is 1. The number of unbranched alkanes of at least 4 members (excludes halogenated alkanes) is 1. The summed E-state index contributed by atoms with van der Waals surface area (Å²) in [5.41, 5.74) is -0.237. The van der Waals surface area contributed by atoms with Gasteiger partial charge in [0.15, 0.2) is 11.6 Å². The lowest BCUT2D eigenvalue weighted by Crippen LogP contribution is -2.51. The summed E-state index contributed by atoms with van der Waals surface area (Å²) in [7, 11) is 0. The number of nitrogens with zero attached hydrogens (tertiary/aromatic N) is 6. The van der Waals surface area contributed by atoms with E-state index < -0.39 is 0 Å². The van der Waals surface area contributed by atoms with Gasteiger partial charge in [-0.3, -0.25) is 9.36 Å². The van der Waals surface area contributed by atoms with Crippen LogP contribution in [0.2, 0.25) is 0 Å². The van der Waals surface area contributed by atoms with Gasteiger partial charge in [-0.2, -0.15) is 10.3 Å². The molecule has 224 valence electrons. The van der Waals surface area contributed by atoms with Gasteiger partial charge in [-0.25, -0.2) is 9.48 Å². The minimum Gasteiger partial charge on any atom is -0.297 e. The van der Waals surface area contributed by atoms with Crippen LogP contribution in [-0.2, 0) is 24.3 Å². The summed E-state index contributed by atoms with van der Waals surface area (Å²) in [5.74, 6) is 6.53. The zero-order valence-electron chi connectivity index (χ0n) is 25.0. The highest BCUT2D eigenvalue weighted by Gasteiger charge is 2.54. The van der Waals surface area contributed by atoms with Crippen LogP contribution in [0.25, 0.3) is 0 Å². The zero-order chi connectivity index (χ0) is 28.0. The molecule has 8 rings (SSSR count). The fourth-order valence-electron chi connectivity index (χ4n) is 10.5. The third kappa shape index (κ3) is 5.35. The number of rotatable bonds is 10. The molecule has 2 heterocycles. The smallest absolute Gasteiger partial charge is 0.297 e. The van der Waals surface area contributed by atoms with Crippen LogP contribution in [0, 0.1) is 40.9 Å². The van der Waals surface area contributed by atoms with Gasteiger partial charge in [0.1, 0.15) is 12.4 Å². The molecule has 0 saturated heterocycles. The molecule has 4 bridgehead atoms. The van der Waals surface area contributed by atoms with E-state index in [-0.39, 0.29) is 23.4 Å². The average molecular weight is 564 g/mol. The topological polar surface area (TPSA) is 111 Å². The Kier molecular flexibility index (Phi) is 7.65. The van der Waals surface area contributed by atoms with Gasteiger partial charge in [-0.1, -0.05) is 31.4 Å². The first-order valence-electron chi connectivity index (χ1n) is 16.9. The van der Waals surface area contributed by atoms with Gasteiger partial charge >= 0.3 is 5.69 Å². The van der Waals surface area contributed by atoms with Crippen molar-refractivity contribution in [2.75, 3.05) is 0 Å². The number of hydrogen-bond acceptors (Lipinski definition) is 6. The molecule has 9 heteroatoms. The van der Waals surface area contributed by atoms with Crippen molar-refractivity contribution in [1.29, 1.82) is 0 Å². The maximum absolute atomic E-state index is 13.8. The molecular formula is C32H49N7O2. The fraction of sp³-hybridized carbons (Fsp3) is 0.875. The predicted octanol–water partition coefficient (Wildman–Crippen LogP) is 5.47. The Morgan fingerprint density at radius 2 is 1.68 bits per heavy atom. The molecule has 6 aliphatic carbocycles. The maximum atomic E-state index is 13.8. The lowest BCUT2D eigenvalue weighted by atomic mass is 9.48. The van der Waals surface area contributed by atoms with Crippen molar-refractivity contribution < 1.29 is 4.79 Å². The van der Waals surface area contributed by atoms with E-state index in [1.54, 1.807) is 4.68 Å². The number of carbonyl (C=O) groups is 1. The van der Waals surface area contributed by atoms with E-state index in [4.69, 9.17) is 5.10 Å². The quantitative estimate of drug-likeness (QED) is 0.411. The molecule has 0 radical (unpaired) electrons. The highest BCUT2D eigenvalue weighted by atomic mass is 16.2. The summed E-state index contributed by atoms with van der Waals surface area (Å²) >= 11 is 0.